The summed E-state index contributed by atoms with van der Waals surface area (Å²) in [4.78, 5) is 11.8. The Balaban J connectivity index is 2.74. The molecule has 0 aliphatic rings. The first-order valence-corrected chi connectivity index (χ1v) is 6.72. The zero-order valence-electron chi connectivity index (χ0n) is 11.8. The van der Waals surface area contributed by atoms with E-state index in [1.807, 2.05) is 12.1 Å². The van der Waals surface area contributed by atoms with Crippen LogP contribution in [-0.2, 0) is 16.0 Å². The van der Waals surface area contributed by atoms with Crippen LogP contribution < -0.4 is 5.32 Å². The number of esters is 1. The second kappa shape index (κ2) is 7.79. The molecule has 106 valence electrons. The average Bonchev–Trinajstić information content (AvgIpc) is 2.44. The van der Waals surface area contributed by atoms with Gasteiger partial charge >= 0.3 is 5.97 Å². The highest BCUT2D eigenvalue weighted by Crippen LogP contribution is 2.12. The van der Waals surface area contributed by atoms with Crippen molar-refractivity contribution in [3.05, 3.63) is 29.8 Å². The number of rotatable bonds is 7. The molecule has 0 aliphatic heterocycles. The molecule has 0 fully saturated rings. The number of nitrogens with one attached hydrogen (secondary N) is 1. The topological polar surface area (TPSA) is 58.6 Å². The number of carbonyl (C=O) groups is 1. The Morgan fingerprint density at radius 3 is 2.32 bits per heavy atom. The van der Waals surface area contributed by atoms with Crippen LogP contribution in [0.1, 0.15) is 32.3 Å². The Morgan fingerprint density at radius 1 is 1.26 bits per heavy atom. The van der Waals surface area contributed by atoms with E-state index in [0.717, 1.165) is 18.4 Å². The summed E-state index contributed by atoms with van der Waals surface area (Å²) in [5.74, 6) is -0.0219. The van der Waals surface area contributed by atoms with E-state index in [-0.39, 0.29) is 17.8 Å². The van der Waals surface area contributed by atoms with E-state index in [1.54, 1.807) is 12.1 Å². The van der Waals surface area contributed by atoms with Gasteiger partial charge in [-0.25, -0.2) is 0 Å². The molecular weight excluding hydrogens is 242 g/mol. The number of hydrogen-bond acceptors (Lipinski definition) is 4. The van der Waals surface area contributed by atoms with Gasteiger partial charge in [0.05, 0.1) is 7.11 Å². The van der Waals surface area contributed by atoms with Gasteiger partial charge in [-0.05, 0) is 37.0 Å². The highest BCUT2D eigenvalue weighted by Gasteiger charge is 2.21. The summed E-state index contributed by atoms with van der Waals surface area (Å²) >= 11 is 0. The Hall–Kier alpha value is -1.55. The zero-order valence-corrected chi connectivity index (χ0v) is 11.8. The minimum Gasteiger partial charge on any atom is -0.508 e. The van der Waals surface area contributed by atoms with Crippen molar-refractivity contribution in [2.75, 3.05) is 7.11 Å². The number of aromatic hydroxyl groups is 1. The van der Waals surface area contributed by atoms with E-state index in [2.05, 4.69) is 19.2 Å². The SMILES string of the molecule is CCC(CC)NC(Cc1ccc(O)cc1)C(=O)OC. The molecule has 0 aromatic heterocycles. The molecule has 0 bridgehead atoms. The van der Waals surface area contributed by atoms with Crippen LogP contribution in [0.2, 0.25) is 0 Å². The first-order valence-electron chi connectivity index (χ1n) is 6.72. The standard InChI is InChI=1S/C15H23NO3/c1-4-12(5-2)16-14(15(18)19-3)10-11-6-8-13(17)9-7-11/h6-9,12,14,16-17H,4-5,10H2,1-3H3. The third-order valence-electron chi connectivity index (χ3n) is 3.28. The zero-order chi connectivity index (χ0) is 14.3. The van der Waals surface area contributed by atoms with E-state index in [0.29, 0.717) is 12.5 Å². The Kier molecular flexibility index (Phi) is 6.36. The van der Waals surface area contributed by atoms with Crippen LogP contribution in [0.4, 0.5) is 0 Å². The second-order valence-corrected chi connectivity index (χ2v) is 4.63. The van der Waals surface area contributed by atoms with Crippen molar-refractivity contribution in [2.45, 2.75) is 45.2 Å². The maximum Gasteiger partial charge on any atom is 0.323 e. The van der Waals surface area contributed by atoms with Gasteiger partial charge in [-0.15, -0.1) is 0 Å². The monoisotopic (exact) mass is 265 g/mol. The van der Waals surface area contributed by atoms with Gasteiger partial charge in [0, 0.05) is 6.04 Å². The van der Waals surface area contributed by atoms with Gasteiger partial charge in [0.15, 0.2) is 0 Å². The lowest BCUT2D eigenvalue weighted by atomic mass is 10.0. The van der Waals surface area contributed by atoms with E-state index < -0.39 is 0 Å². The molecular formula is C15H23NO3. The molecule has 1 aromatic carbocycles. The summed E-state index contributed by atoms with van der Waals surface area (Å²) in [7, 11) is 1.40. The van der Waals surface area contributed by atoms with Crippen LogP contribution in [0.5, 0.6) is 5.75 Å². The summed E-state index contributed by atoms with van der Waals surface area (Å²) in [5, 5.41) is 12.6. The molecule has 0 radical (unpaired) electrons. The van der Waals surface area contributed by atoms with Gasteiger partial charge in [0.1, 0.15) is 11.8 Å². The normalized spacial score (nSPS) is 12.4. The molecule has 0 saturated carbocycles. The van der Waals surface area contributed by atoms with Gasteiger partial charge < -0.3 is 15.2 Å². The Bertz CT molecular complexity index is 385. The van der Waals surface area contributed by atoms with Crippen molar-refractivity contribution < 1.29 is 14.6 Å². The molecule has 19 heavy (non-hydrogen) atoms. The lowest BCUT2D eigenvalue weighted by molar-refractivity contribution is -0.143. The molecule has 1 unspecified atom stereocenters. The fourth-order valence-electron chi connectivity index (χ4n) is 2.03. The fourth-order valence-corrected chi connectivity index (χ4v) is 2.03. The van der Waals surface area contributed by atoms with Crippen LogP contribution >= 0.6 is 0 Å². The summed E-state index contributed by atoms with van der Waals surface area (Å²) in [6.45, 7) is 4.19. The highest BCUT2D eigenvalue weighted by molar-refractivity contribution is 5.76. The Morgan fingerprint density at radius 2 is 1.84 bits per heavy atom. The van der Waals surface area contributed by atoms with Crippen LogP contribution in [0.15, 0.2) is 24.3 Å². The second-order valence-electron chi connectivity index (χ2n) is 4.63. The lowest BCUT2D eigenvalue weighted by Crippen LogP contribution is -2.44. The number of phenolic OH excluding ortho intramolecular Hbond substituents is 1. The number of methoxy groups -OCH3 is 1. The molecule has 1 atom stereocenters. The smallest absolute Gasteiger partial charge is 0.323 e. The van der Waals surface area contributed by atoms with Crippen molar-refractivity contribution in [3.8, 4) is 5.75 Å². The molecule has 0 spiro atoms. The minimum atomic E-state index is -0.348. The fraction of sp³-hybridized carbons (Fsp3) is 0.533. The van der Waals surface area contributed by atoms with Gasteiger partial charge in [0.25, 0.3) is 0 Å². The third-order valence-corrected chi connectivity index (χ3v) is 3.28. The molecule has 4 nitrogen and oxygen atoms in total. The predicted octanol–water partition coefficient (Wildman–Crippen LogP) is 2.25. The molecule has 1 aromatic rings. The summed E-state index contributed by atoms with van der Waals surface area (Å²) in [6, 6.07) is 6.85. The van der Waals surface area contributed by atoms with Crippen molar-refractivity contribution in [1.82, 2.24) is 5.32 Å². The highest BCUT2D eigenvalue weighted by atomic mass is 16.5. The summed E-state index contributed by atoms with van der Waals surface area (Å²) < 4.78 is 4.85. The quantitative estimate of drug-likeness (QED) is 0.742. The molecule has 4 heteroatoms. The number of hydrogen-bond donors (Lipinski definition) is 2. The lowest BCUT2D eigenvalue weighted by Gasteiger charge is -2.22. The van der Waals surface area contributed by atoms with Gasteiger partial charge in [0.2, 0.25) is 0 Å². The van der Waals surface area contributed by atoms with Crippen LogP contribution in [0, 0.1) is 0 Å². The maximum absolute atomic E-state index is 11.8. The maximum atomic E-state index is 11.8. The largest absolute Gasteiger partial charge is 0.508 e. The minimum absolute atomic E-state index is 0.228. The van der Waals surface area contributed by atoms with Crippen molar-refractivity contribution in [3.63, 3.8) is 0 Å². The Labute approximate surface area is 114 Å². The first kappa shape index (κ1) is 15.5. The summed E-state index contributed by atoms with van der Waals surface area (Å²) in [5.41, 5.74) is 0.992. The first-order chi connectivity index (χ1) is 9.10. The van der Waals surface area contributed by atoms with E-state index >= 15 is 0 Å². The van der Waals surface area contributed by atoms with Crippen molar-refractivity contribution >= 4 is 5.97 Å². The van der Waals surface area contributed by atoms with E-state index in [9.17, 15) is 9.90 Å². The number of ether oxygens (including phenoxy) is 1. The molecule has 0 heterocycles. The van der Waals surface area contributed by atoms with Crippen LogP contribution in [0.25, 0.3) is 0 Å². The van der Waals surface area contributed by atoms with Crippen LogP contribution in [0.3, 0.4) is 0 Å². The van der Waals surface area contributed by atoms with Crippen LogP contribution in [-0.4, -0.2) is 30.3 Å². The number of carbonyl (C=O) groups excluding carboxylic acids is 1. The summed E-state index contributed by atoms with van der Waals surface area (Å²) in [6.07, 6.45) is 2.50. The van der Waals surface area contributed by atoms with E-state index in [4.69, 9.17) is 4.74 Å². The van der Waals surface area contributed by atoms with Crippen molar-refractivity contribution in [1.29, 1.82) is 0 Å². The van der Waals surface area contributed by atoms with E-state index in [1.165, 1.54) is 7.11 Å². The number of benzene rings is 1. The van der Waals surface area contributed by atoms with Crippen molar-refractivity contribution in [2.24, 2.45) is 0 Å². The average molecular weight is 265 g/mol. The molecule has 2 N–H and O–H groups in total. The van der Waals surface area contributed by atoms with Gasteiger partial charge in [-0.2, -0.15) is 0 Å². The van der Waals surface area contributed by atoms with Gasteiger partial charge in [-0.1, -0.05) is 26.0 Å². The third kappa shape index (κ3) is 4.91. The van der Waals surface area contributed by atoms with Gasteiger partial charge in [-0.3, -0.25) is 4.79 Å². The molecule has 0 saturated heterocycles. The molecule has 0 amide bonds. The number of phenols is 1. The molecule has 0 aliphatic carbocycles. The molecule has 1 rings (SSSR count). The predicted molar refractivity (Wildman–Crippen MR) is 75.1 cm³/mol.